The van der Waals surface area contributed by atoms with Crippen LogP contribution in [0.3, 0.4) is 0 Å². The van der Waals surface area contributed by atoms with Gasteiger partial charge in [-0.15, -0.1) is 0 Å². The fourth-order valence-electron chi connectivity index (χ4n) is 2.91. The van der Waals surface area contributed by atoms with E-state index >= 15 is 0 Å². The van der Waals surface area contributed by atoms with Crippen LogP contribution >= 0.6 is 0 Å². The third kappa shape index (κ3) is 4.91. The highest BCUT2D eigenvalue weighted by Crippen LogP contribution is 2.25. The normalized spacial score (nSPS) is 11.3. The minimum atomic E-state index is -1.19. The molecule has 1 N–H and O–H groups in total. The number of esters is 1. The highest BCUT2D eigenvalue weighted by Gasteiger charge is 2.27. The largest absolute Gasteiger partial charge is 0.496 e. The van der Waals surface area contributed by atoms with Crippen molar-refractivity contribution >= 4 is 23.3 Å². The molecule has 3 aromatic rings. The number of hydrogen-bond acceptors (Lipinski definition) is 5. The second-order valence-electron chi connectivity index (χ2n) is 6.52. The summed E-state index contributed by atoms with van der Waals surface area (Å²) >= 11 is 0. The van der Waals surface area contributed by atoms with Crippen LogP contribution in [0.4, 0.5) is 5.69 Å². The predicted molar refractivity (Wildman–Crippen MR) is 113 cm³/mol. The molecule has 0 bridgehead atoms. The van der Waals surface area contributed by atoms with Crippen molar-refractivity contribution in [1.82, 2.24) is 0 Å². The van der Waals surface area contributed by atoms with Crippen LogP contribution < -0.4 is 10.1 Å². The first-order chi connectivity index (χ1) is 14.5. The molecule has 0 radical (unpaired) electrons. The maximum absolute atomic E-state index is 13.0. The van der Waals surface area contributed by atoms with Gasteiger partial charge in [0, 0.05) is 16.8 Å². The first-order valence-corrected chi connectivity index (χ1v) is 9.30. The smallest absolute Gasteiger partial charge is 0.343 e. The summed E-state index contributed by atoms with van der Waals surface area (Å²) in [7, 11) is 1.45. The lowest BCUT2D eigenvalue weighted by Gasteiger charge is -2.19. The lowest BCUT2D eigenvalue weighted by molar-refractivity contribution is -0.125. The van der Waals surface area contributed by atoms with Gasteiger partial charge < -0.3 is 14.8 Å². The van der Waals surface area contributed by atoms with Crippen LogP contribution in [0, 0.1) is 0 Å². The van der Waals surface area contributed by atoms with E-state index in [1.54, 1.807) is 78.9 Å². The summed E-state index contributed by atoms with van der Waals surface area (Å²) < 4.78 is 10.8. The zero-order chi connectivity index (χ0) is 21.5. The Bertz CT molecular complexity index is 1060. The molecule has 0 aromatic heterocycles. The molecule has 152 valence electrons. The molecular weight excluding hydrogens is 382 g/mol. The molecule has 30 heavy (non-hydrogen) atoms. The van der Waals surface area contributed by atoms with E-state index < -0.39 is 18.0 Å². The number of rotatable bonds is 7. The number of nitrogens with one attached hydrogen (secondary N) is 1. The van der Waals surface area contributed by atoms with Crippen molar-refractivity contribution in [3.63, 3.8) is 0 Å². The van der Waals surface area contributed by atoms with Gasteiger partial charge in [0.2, 0.25) is 6.10 Å². The first-order valence-electron chi connectivity index (χ1n) is 9.30. The number of Topliss-reactive ketones (excluding diaryl/α,β-unsaturated/α-hetero) is 1. The second kappa shape index (κ2) is 9.52. The summed E-state index contributed by atoms with van der Waals surface area (Å²) in [6.45, 7) is 1.45. The van der Waals surface area contributed by atoms with E-state index in [-0.39, 0.29) is 11.3 Å². The summed E-state index contributed by atoms with van der Waals surface area (Å²) in [6, 6.07) is 21.9. The highest BCUT2D eigenvalue weighted by molar-refractivity contribution is 6.00. The van der Waals surface area contributed by atoms with Crippen LogP contribution in [-0.4, -0.2) is 24.8 Å². The molecule has 0 heterocycles. The van der Waals surface area contributed by atoms with Gasteiger partial charge in [0.15, 0.2) is 5.78 Å². The fourth-order valence-corrected chi connectivity index (χ4v) is 2.91. The van der Waals surface area contributed by atoms with Crippen LogP contribution in [0.15, 0.2) is 78.9 Å². The van der Waals surface area contributed by atoms with Crippen LogP contribution in [0.5, 0.6) is 5.75 Å². The Morgan fingerprint density at radius 1 is 0.867 bits per heavy atom. The van der Waals surface area contributed by atoms with E-state index in [0.29, 0.717) is 22.6 Å². The van der Waals surface area contributed by atoms with Gasteiger partial charge in [-0.3, -0.25) is 9.59 Å². The second-order valence-corrected chi connectivity index (χ2v) is 6.52. The van der Waals surface area contributed by atoms with Crippen molar-refractivity contribution in [2.45, 2.75) is 13.0 Å². The molecule has 0 saturated heterocycles. The van der Waals surface area contributed by atoms with Gasteiger partial charge >= 0.3 is 5.97 Å². The zero-order valence-corrected chi connectivity index (χ0v) is 16.6. The van der Waals surface area contributed by atoms with Crippen LogP contribution in [0.2, 0.25) is 0 Å². The van der Waals surface area contributed by atoms with E-state index in [0.717, 1.165) is 0 Å². The molecule has 0 aliphatic heterocycles. The average Bonchev–Trinajstić information content (AvgIpc) is 2.77. The average molecular weight is 403 g/mol. The SMILES string of the molecule is COc1ccccc1C(=O)O[C@@H](C(=O)Nc1cccc(C(C)=O)c1)c1ccccc1. The summed E-state index contributed by atoms with van der Waals surface area (Å²) in [5, 5.41) is 2.72. The quantitative estimate of drug-likeness (QED) is 0.466. The number of hydrogen-bond donors (Lipinski definition) is 1. The number of amides is 1. The topological polar surface area (TPSA) is 81.7 Å². The van der Waals surface area contributed by atoms with Crippen molar-refractivity contribution in [2.75, 3.05) is 12.4 Å². The third-order valence-electron chi connectivity index (χ3n) is 4.43. The molecule has 0 saturated carbocycles. The van der Waals surface area contributed by atoms with Crippen LogP contribution in [-0.2, 0) is 9.53 Å². The van der Waals surface area contributed by atoms with Gasteiger partial charge in [0.1, 0.15) is 11.3 Å². The number of para-hydroxylation sites is 1. The summed E-state index contributed by atoms with van der Waals surface area (Å²) in [5.74, 6) is -0.990. The number of anilines is 1. The number of benzene rings is 3. The molecule has 0 aliphatic carbocycles. The van der Waals surface area contributed by atoms with Crippen LogP contribution in [0.1, 0.15) is 39.3 Å². The molecule has 0 aliphatic rings. The number of carbonyl (C=O) groups is 3. The minimum Gasteiger partial charge on any atom is -0.496 e. The Hall–Kier alpha value is -3.93. The molecule has 0 spiro atoms. The third-order valence-corrected chi connectivity index (χ3v) is 4.43. The molecule has 6 nitrogen and oxygen atoms in total. The molecule has 6 heteroatoms. The zero-order valence-electron chi connectivity index (χ0n) is 16.6. The van der Waals surface area contributed by atoms with E-state index in [1.807, 2.05) is 0 Å². The molecule has 1 amide bonds. The van der Waals surface area contributed by atoms with E-state index in [1.165, 1.54) is 14.0 Å². The number of ether oxygens (including phenoxy) is 2. The van der Waals surface area contributed by atoms with Crippen molar-refractivity contribution < 1.29 is 23.9 Å². The predicted octanol–water partition coefficient (Wildman–Crippen LogP) is 4.43. The van der Waals surface area contributed by atoms with Gasteiger partial charge in [-0.1, -0.05) is 54.6 Å². The van der Waals surface area contributed by atoms with Gasteiger partial charge in [-0.25, -0.2) is 4.79 Å². The molecule has 1 atom stereocenters. The summed E-state index contributed by atoms with van der Waals surface area (Å²) in [6.07, 6.45) is -1.19. The summed E-state index contributed by atoms with van der Waals surface area (Å²) in [5.41, 5.74) is 1.63. The van der Waals surface area contributed by atoms with Gasteiger partial charge in [-0.2, -0.15) is 0 Å². The van der Waals surface area contributed by atoms with Crippen molar-refractivity contribution in [1.29, 1.82) is 0 Å². The van der Waals surface area contributed by atoms with Crippen molar-refractivity contribution in [3.8, 4) is 5.75 Å². The molecule has 3 rings (SSSR count). The van der Waals surface area contributed by atoms with E-state index in [4.69, 9.17) is 9.47 Å². The molecule has 0 fully saturated rings. The number of ketones is 1. The monoisotopic (exact) mass is 403 g/mol. The van der Waals surface area contributed by atoms with Gasteiger partial charge in [0.05, 0.1) is 7.11 Å². The Kier molecular flexibility index (Phi) is 6.60. The highest BCUT2D eigenvalue weighted by atomic mass is 16.5. The van der Waals surface area contributed by atoms with E-state index in [2.05, 4.69) is 5.32 Å². The Balaban J connectivity index is 1.88. The Morgan fingerprint density at radius 2 is 1.57 bits per heavy atom. The maximum atomic E-state index is 13.0. The molecule has 0 unspecified atom stereocenters. The van der Waals surface area contributed by atoms with Crippen molar-refractivity contribution in [2.24, 2.45) is 0 Å². The minimum absolute atomic E-state index is 0.117. The van der Waals surface area contributed by atoms with Gasteiger partial charge in [0.25, 0.3) is 5.91 Å². The molecular formula is C24H21NO5. The van der Waals surface area contributed by atoms with Gasteiger partial charge in [-0.05, 0) is 31.2 Å². The fraction of sp³-hybridized carbons (Fsp3) is 0.125. The lowest BCUT2D eigenvalue weighted by Crippen LogP contribution is -2.26. The number of carbonyl (C=O) groups excluding carboxylic acids is 3. The maximum Gasteiger partial charge on any atom is 0.343 e. The molecule has 3 aromatic carbocycles. The Labute approximate surface area is 174 Å². The van der Waals surface area contributed by atoms with Crippen LogP contribution in [0.25, 0.3) is 0 Å². The summed E-state index contributed by atoms with van der Waals surface area (Å²) in [4.78, 5) is 37.4. The first kappa shape index (κ1) is 20.8. The Morgan fingerprint density at radius 3 is 2.27 bits per heavy atom. The lowest BCUT2D eigenvalue weighted by atomic mass is 10.1. The number of methoxy groups -OCH3 is 1. The van der Waals surface area contributed by atoms with Crippen molar-refractivity contribution in [3.05, 3.63) is 95.6 Å². The standard InChI is InChI=1S/C24H21NO5/c1-16(26)18-11-8-12-19(15-18)25-23(27)22(17-9-4-3-5-10-17)30-24(28)20-13-6-7-14-21(20)29-2/h3-15,22H,1-2H3,(H,25,27)/t22-/m1/s1. The van der Waals surface area contributed by atoms with E-state index in [9.17, 15) is 14.4 Å².